The normalized spacial score (nSPS) is 11.4. The van der Waals surface area contributed by atoms with Gasteiger partial charge in [0.05, 0.1) is 6.26 Å². The molecule has 0 fully saturated rings. The van der Waals surface area contributed by atoms with Crippen LogP contribution in [-0.4, -0.2) is 14.7 Å². The maximum atomic E-state index is 13.9. The molecule has 0 aromatic heterocycles. The Kier molecular flexibility index (Phi) is 4.54. The van der Waals surface area contributed by atoms with E-state index in [2.05, 4.69) is 4.72 Å². The standard InChI is InChI=1S/C14H13F2NO3S/c1-21(18,19)17-9-10-6-7-14(12(16)8-10)20-13-5-3-2-4-11(13)15/h2-8,17H,9H2,1H3. The van der Waals surface area contributed by atoms with Crippen molar-refractivity contribution in [2.75, 3.05) is 6.26 Å². The van der Waals surface area contributed by atoms with Crippen LogP contribution in [0.3, 0.4) is 0 Å². The van der Waals surface area contributed by atoms with Crippen molar-refractivity contribution in [2.45, 2.75) is 6.54 Å². The zero-order valence-corrected chi connectivity index (χ0v) is 12.0. The van der Waals surface area contributed by atoms with Crippen LogP contribution in [0.25, 0.3) is 0 Å². The smallest absolute Gasteiger partial charge is 0.209 e. The van der Waals surface area contributed by atoms with Crippen LogP contribution in [0.5, 0.6) is 11.5 Å². The van der Waals surface area contributed by atoms with Crippen LogP contribution in [-0.2, 0) is 16.6 Å². The number of rotatable bonds is 5. The van der Waals surface area contributed by atoms with E-state index in [1.807, 2.05) is 0 Å². The first-order chi connectivity index (χ1) is 9.85. The van der Waals surface area contributed by atoms with E-state index in [4.69, 9.17) is 4.74 Å². The number of hydrogen-bond acceptors (Lipinski definition) is 3. The summed E-state index contributed by atoms with van der Waals surface area (Å²) in [4.78, 5) is 0. The summed E-state index contributed by atoms with van der Waals surface area (Å²) in [5.74, 6) is -1.52. The Hall–Kier alpha value is -1.99. The first kappa shape index (κ1) is 15.4. The number of nitrogens with one attached hydrogen (secondary N) is 1. The zero-order valence-electron chi connectivity index (χ0n) is 11.1. The topological polar surface area (TPSA) is 55.4 Å². The minimum absolute atomic E-state index is 0.0320. The minimum Gasteiger partial charge on any atom is -0.451 e. The van der Waals surface area contributed by atoms with Crippen LogP contribution in [0.15, 0.2) is 42.5 Å². The molecular weight excluding hydrogens is 300 g/mol. The maximum absolute atomic E-state index is 13.9. The van der Waals surface area contributed by atoms with E-state index in [0.717, 1.165) is 12.3 Å². The SMILES string of the molecule is CS(=O)(=O)NCc1ccc(Oc2ccccc2F)c(F)c1. The third kappa shape index (κ3) is 4.51. The second-order valence-electron chi connectivity index (χ2n) is 4.39. The highest BCUT2D eigenvalue weighted by Crippen LogP contribution is 2.27. The lowest BCUT2D eigenvalue weighted by molar-refractivity contribution is 0.414. The summed E-state index contributed by atoms with van der Waals surface area (Å²) in [6.07, 6.45) is 1.01. The van der Waals surface area contributed by atoms with Crippen molar-refractivity contribution in [1.29, 1.82) is 0 Å². The Bertz CT molecular complexity index is 748. The van der Waals surface area contributed by atoms with Crippen LogP contribution in [0.4, 0.5) is 8.78 Å². The molecule has 2 aromatic rings. The summed E-state index contributed by atoms with van der Waals surface area (Å²) < 4.78 is 56.6. The van der Waals surface area contributed by atoms with Gasteiger partial charge < -0.3 is 4.74 Å². The number of para-hydroxylation sites is 1. The van der Waals surface area contributed by atoms with E-state index in [1.165, 1.54) is 30.3 Å². The van der Waals surface area contributed by atoms with Gasteiger partial charge in [0.2, 0.25) is 10.0 Å². The molecule has 112 valence electrons. The number of halogens is 2. The number of benzene rings is 2. The summed E-state index contributed by atoms with van der Waals surface area (Å²) in [5.41, 5.74) is 0.429. The van der Waals surface area contributed by atoms with Crippen molar-refractivity contribution in [3.05, 3.63) is 59.7 Å². The van der Waals surface area contributed by atoms with Gasteiger partial charge in [0, 0.05) is 6.54 Å². The fourth-order valence-corrected chi connectivity index (χ4v) is 2.03. The van der Waals surface area contributed by atoms with Crippen LogP contribution in [0.1, 0.15) is 5.56 Å². The number of ether oxygens (including phenoxy) is 1. The molecule has 0 radical (unpaired) electrons. The van der Waals surface area contributed by atoms with E-state index in [-0.39, 0.29) is 18.0 Å². The minimum atomic E-state index is -3.35. The lowest BCUT2D eigenvalue weighted by Crippen LogP contribution is -2.21. The Balaban J connectivity index is 2.14. The third-order valence-corrected chi connectivity index (χ3v) is 3.26. The largest absolute Gasteiger partial charge is 0.451 e. The van der Waals surface area contributed by atoms with Crippen LogP contribution < -0.4 is 9.46 Å². The number of hydrogen-bond donors (Lipinski definition) is 1. The molecule has 0 saturated heterocycles. The molecule has 0 aliphatic heterocycles. The fraction of sp³-hybridized carbons (Fsp3) is 0.143. The van der Waals surface area contributed by atoms with Crippen LogP contribution in [0, 0.1) is 11.6 Å². The molecule has 0 atom stereocenters. The quantitative estimate of drug-likeness (QED) is 0.923. The molecule has 0 spiro atoms. The van der Waals surface area contributed by atoms with Gasteiger partial charge in [-0.1, -0.05) is 18.2 Å². The molecule has 0 saturated carbocycles. The van der Waals surface area contributed by atoms with Gasteiger partial charge in [0.1, 0.15) is 0 Å². The Morgan fingerprint density at radius 2 is 1.71 bits per heavy atom. The molecule has 0 aliphatic rings. The van der Waals surface area contributed by atoms with Crippen molar-refractivity contribution >= 4 is 10.0 Å². The molecule has 21 heavy (non-hydrogen) atoms. The van der Waals surface area contributed by atoms with E-state index < -0.39 is 21.7 Å². The molecule has 7 heteroatoms. The summed E-state index contributed by atoms with van der Waals surface area (Å²) in [5, 5.41) is 0. The van der Waals surface area contributed by atoms with Crippen molar-refractivity contribution in [1.82, 2.24) is 4.72 Å². The molecule has 1 N–H and O–H groups in total. The lowest BCUT2D eigenvalue weighted by Gasteiger charge is -2.09. The Morgan fingerprint density at radius 3 is 2.33 bits per heavy atom. The monoisotopic (exact) mass is 313 g/mol. The van der Waals surface area contributed by atoms with E-state index in [0.29, 0.717) is 5.56 Å². The van der Waals surface area contributed by atoms with Gasteiger partial charge in [-0.15, -0.1) is 0 Å². The van der Waals surface area contributed by atoms with E-state index >= 15 is 0 Å². The van der Waals surface area contributed by atoms with Gasteiger partial charge in [-0.05, 0) is 29.8 Å². The molecule has 0 amide bonds. The highest BCUT2D eigenvalue weighted by molar-refractivity contribution is 7.88. The molecule has 0 aliphatic carbocycles. The third-order valence-electron chi connectivity index (χ3n) is 2.59. The van der Waals surface area contributed by atoms with Crippen molar-refractivity contribution in [2.24, 2.45) is 0 Å². The van der Waals surface area contributed by atoms with E-state index in [1.54, 1.807) is 6.07 Å². The molecular formula is C14H13F2NO3S. The summed E-state index contributed by atoms with van der Waals surface area (Å²) in [6.45, 7) is -0.0320. The highest BCUT2D eigenvalue weighted by atomic mass is 32.2. The Morgan fingerprint density at radius 1 is 1.05 bits per heavy atom. The summed E-state index contributed by atoms with van der Waals surface area (Å²) in [6, 6.07) is 9.61. The average Bonchev–Trinajstić information content (AvgIpc) is 2.41. The zero-order chi connectivity index (χ0) is 15.5. The van der Waals surface area contributed by atoms with Crippen molar-refractivity contribution in [3.63, 3.8) is 0 Å². The fourth-order valence-electron chi connectivity index (χ4n) is 1.60. The maximum Gasteiger partial charge on any atom is 0.209 e. The summed E-state index contributed by atoms with van der Waals surface area (Å²) >= 11 is 0. The molecule has 2 aromatic carbocycles. The molecule has 2 rings (SSSR count). The molecule has 0 unspecified atom stereocenters. The first-order valence-electron chi connectivity index (χ1n) is 6.00. The second-order valence-corrected chi connectivity index (χ2v) is 6.22. The molecule has 0 bridgehead atoms. The van der Waals surface area contributed by atoms with Crippen molar-refractivity contribution < 1.29 is 21.9 Å². The molecule has 4 nitrogen and oxygen atoms in total. The van der Waals surface area contributed by atoms with Gasteiger partial charge in [-0.3, -0.25) is 0 Å². The summed E-state index contributed by atoms with van der Waals surface area (Å²) in [7, 11) is -3.35. The Labute approximate surface area is 121 Å². The molecule has 0 heterocycles. The van der Waals surface area contributed by atoms with Gasteiger partial charge in [0.25, 0.3) is 0 Å². The van der Waals surface area contributed by atoms with Gasteiger partial charge >= 0.3 is 0 Å². The first-order valence-corrected chi connectivity index (χ1v) is 7.90. The lowest BCUT2D eigenvalue weighted by atomic mass is 10.2. The van der Waals surface area contributed by atoms with Crippen LogP contribution in [0.2, 0.25) is 0 Å². The van der Waals surface area contributed by atoms with Gasteiger partial charge in [-0.2, -0.15) is 0 Å². The average molecular weight is 313 g/mol. The van der Waals surface area contributed by atoms with Gasteiger partial charge in [0.15, 0.2) is 23.1 Å². The van der Waals surface area contributed by atoms with E-state index in [9.17, 15) is 17.2 Å². The van der Waals surface area contributed by atoms with Gasteiger partial charge in [-0.25, -0.2) is 21.9 Å². The van der Waals surface area contributed by atoms with Crippen molar-refractivity contribution in [3.8, 4) is 11.5 Å². The predicted octanol–water partition coefficient (Wildman–Crippen LogP) is 2.81. The number of sulfonamides is 1. The second kappa shape index (κ2) is 6.19. The van der Waals surface area contributed by atoms with Crippen LogP contribution >= 0.6 is 0 Å². The predicted molar refractivity (Wildman–Crippen MR) is 74.6 cm³/mol. The highest BCUT2D eigenvalue weighted by Gasteiger charge is 2.10.